The molecule has 3 N–H and O–H groups in total. The lowest BCUT2D eigenvalue weighted by Crippen LogP contribution is -2.55. The fourth-order valence-electron chi connectivity index (χ4n) is 9.44. The minimum absolute atomic E-state index is 0.169. The van der Waals surface area contributed by atoms with Gasteiger partial charge in [-0.05, 0) is 89.9 Å². The van der Waals surface area contributed by atoms with E-state index in [-0.39, 0.29) is 37.3 Å². The Labute approximate surface area is 473 Å². The van der Waals surface area contributed by atoms with Gasteiger partial charge in [0.25, 0.3) is 11.8 Å². The van der Waals surface area contributed by atoms with Gasteiger partial charge in [-0.15, -0.1) is 11.3 Å². The third-order valence-electron chi connectivity index (χ3n) is 13.7. The number of rotatable bonds is 28. The van der Waals surface area contributed by atoms with E-state index in [0.717, 1.165) is 24.9 Å². The topological polar surface area (TPSA) is 178 Å². The summed E-state index contributed by atoms with van der Waals surface area (Å²) in [6.45, 7) is 3.90. The summed E-state index contributed by atoms with van der Waals surface area (Å²) in [6.07, 6.45) is 7.93. The number of likely N-dealkylation sites (N-methyl/N-ethyl adjacent to an activating group) is 2. The van der Waals surface area contributed by atoms with E-state index in [0.29, 0.717) is 117 Å². The molecule has 0 bridgehead atoms. The highest BCUT2D eigenvalue weighted by molar-refractivity contribution is 7.13. The first-order valence-corrected chi connectivity index (χ1v) is 27.7. The summed E-state index contributed by atoms with van der Waals surface area (Å²) in [6, 6.07) is 26.4. The summed E-state index contributed by atoms with van der Waals surface area (Å²) in [5.74, 6) is -1.90. The lowest BCUT2D eigenvalue weighted by Gasteiger charge is -2.33. The molecule has 0 saturated heterocycles. The summed E-state index contributed by atoms with van der Waals surface area (Å²) in [5.41, 5.74) is 3.61. The van der Waals surface area contributed by atoms with Crippen LogP contribution >= 0.6 is 11.3 Å². The van der Waals surface area contributed by atoms with Crippen molar-refractivity contribution in [2.75, 3.05) is 86.5 Å². The van der Waals surface area contributed by atoms with E-state index in [4.69, 9.17) is 18.9 Å². The number of nitrogens with one attached hydrogen (secondary N) is 3. The molecule has 0 radical (unpaired) electrons. The molecule has 0 aliphatic carbocycles. The van der Waals surface area contributed by atoms with E-state index < -0.39 is 36.1 Å². The molecule has 17 nitrogen and oxygen atoms in total. The molecular weight excluding hydrogens is 1060 g/mol. The lowest BCUT2D eigenvalue weighted by atomic mass is 9.85. The largest absolute Gasteiger partial charge is 0.737 e. The number of amides is 5. The van der Waals surface area contributed by atoms with Gasteiger partial charge in [0.2, 0.25) is 17.7 Å². The van der Waals surface area contributed by atoms with Gasteiger partial charge in [-0.1, -0.05) is 57.2 Å². The Balaban J connectivity index is 0.633. The maximum Gasteiger partial charge on any atom is 0.737 e. The average Bonchev–Trinajstić information content (AvgIpc) is 4.42. The molecular formula is C59H68BF3N8O9S. The Bertz CT molecular complexity index is 3280. The van der Waals surface area contributed by atoms with Crippen LogP contribution in [0.3, 0.4) is 0 Å². The third-order valence-corrected chi connectivity index (χ3v) is 14.6. The van der Waals surface area contributed by atoms with Crippen LogP contribution in [0.4, 0.5) is 13.0 Å². The molecule has 1 atom stereocenters. The van der Waals surface area contributed by atoms with E-state index >= 15 is 8.63 Å². The first-order valence-electron chi connectivity index (χ1n) is 26.8. The van der Waals surface area contributed by atoms with Gasteiger partial charge < -0.3 is 66.9 Å². The molecule has 5 amide bonds. The summed E-state index contributed by atoms with van der Waals surface area (Å²) in [5, 5.41) is 11.1. The van der Waals surface area contributed by atoms with Crippen LogP contribution in [0.2, 0.25) is 0 Å². The average molecular weight is 1130 g/mol. The van der Waals surface area contributed by atoms with E-state index in [2.05, 4.69) is 16.0 Å². The smallest absolute Gasteiger partial charge is 0.484 e. The van der Waals surface area contributed by atoms with Crippen molar-refractivity contribution < 1.29 is 60.4 Å². The number of nitrogens with zero attached hydrogens (tertiary/aromatic N) is 5. The minimum Gasteiger partial charge on any atom is -0.484 e. The van der Waals surface area contributed by atoms with E-state index in [1.807, 2.05) is 67.1 Å². The van der Waals surface area contributed by atoms with Crippen molar-refractivity contribution in [1.82, 2.24) is 34.8 Å². The molecule has 81 heavy (non-hydrogen) atoms. The molecule has 3 aromatic carbocycles. The zero-order valence-corrected chi connectivity index (χ0v) is 46.9. The number of hydrogen-bond acceptors (Lipinski definition) is 10. The Morgan fingerprint density at radius 3 is 2.04 bits per heavy atom. The number of para-hydroxylation sites is 1. The highest BCUT2D eigenvalue weighted by Gasteiger charge is 2.53. The number of benzene rings is 3. The van der Waals surface area contributed by atoms with Gasteiger partial charge in [0, 0.05) is 104 Å². The lowest BCUT2D eigenvalue weighted by molar-refractivity contribution is -0.360. The number of aromatic nitrogens is 2. The first kappa shape index (κ1) is 59.3. The maximum atomic E-state index is 16.3. The molecule has 0 saturated carbocycles. The summed E-state index contributed by atoms with van der Waals surface area (Å²) < 4.78 is 72.7. The fraction of sp³-hybridized carbons (Fsp3) is 0.356. The third kappa shape index (κ3) is 15.2. The molecule has 428 valence electrons. The van der Waals surface area contributed by atoms with Crippen LogP contribution in [-0.2, 0) is 39.9 Å². The number of hydrogen-bond donors (Lipinski definition) is 3. The minimum atomic E-state index is -4.20. The first-order chi connectivity index (χ1) is 38.9. The molecule has 8 rings (SSSR count). The van der Waals surface area contributed by atoms with Crippen molar-refractivity contribution in [3.63, 3.8) is 0 Å². The molecule has 2 aliphatic heterocycles. The second-order valence-electron chi connectivity index (χ2n) is 20.8. The van der Waals surface area contributed by atoms with Crippen molar-refractivity contribution in [3.05, 3.63) is 155 Å². The van der Waals surface area contributed by atoms with Crippen LogP contribution in [0, 0.1) is 11.2 Å². The number of carbonyl (C=O) groups excluding carboxylic acids is 5. The number of allylic oxidation sites excluding steroid dienone is 2. The second kappa shape index (κ2) is 27.1. The molecule has 6 aromatic rings. The van der Waals surface area contributed by atoms with Gasteiger partial charge in [0.05, 0.1) is 45.1 Å². The van der Waals surface area contributed by atoms with Crippen molar-refractivity contribution in [1.29, 1.82) is 0 Å². The van der Waals surface area contributed by atoms with E-state index in [1.54, 1.807) is 73.0 Å². The zero-order valence-electron chi connectivity index (χ0n) is 46.1. The predicted octanol–water partition coefficient (Wildman–Crippen LogP) is 7.21. The molecule has 0 unspecified atom stereocenters. The van der Waals surface area contributed by atoms with Gasteiger partial charge in [-0.2, -0.15) is 0 Å². The Kier molecular flexibility index (Phi) is 19.9. The van der Waals surface area contributed by atoms with Gasteiger partial charge in [-0.3, -0.25) is 24.0 Å². The normalized spacial score (nSPS) is 13.8. The monoisotopic (exact) mass is 1130 g/mol. The zero-order chi connectivity index (χ0) is 57.7. The van der Waals surface area contributed by atoms with Gasteiger partial charge >= 0.3 is 6.97 Å². The number of fused-ring (bicyclic) bond motifs is 3. The Hall–Kier alpha value is -7.79. The quantitative estimate of drug-likeness (QED) is 0.0339. The number of carbonyl (C=O) groups is 5. The Morgan fingerprint density at radius 2 is 1.40 bits per heavy atom. The summed E-state index contributed by atoms with van der Waals surface area (Å²) in [7, 11) is 3.03. The van der Waals surface area contributed by atoms with E-state index in [9.17, 15) is 28.4 Å². The summed E-state index contributed by atoms with van der Waals surface area (Å²) in [4.78, 5) is 69.0. The Morgan fingerprint density at radius 1 is 0.753 bits per heavy atom. The van der Waals surface area contributed by atoms with Crippen LogP contribution in [0.25, 0.3) is 27.6 Å². The van der Waals surface area contributed by atoms with E-state index in [1.165, 1.54) is 47.4 Å². The van der Waals surface area contributed by atoms with Crippen LogP contribution in [-0.4, -0.2) is 158 Å². The fourth-order valence-corrected chi connectivity index (χ4v) is 10.2. The second-order valence-corrected chi connectivity index (χ2v) is 21.8. The molecule has 0 spiro atoms. The molecule has 5 heterocycles. The highest BCUT2D eigenvalue weighted by Crippen LogP contribution is 2.38. The van der Waals surface area contributed by atoms with Crippen molar-refractivity contribution in [2.45, 2.75) is 46.2 Å². The predicted molar refractivity (Wildman–Crippen MR) is 306 cm³/mol. The highest BCUT2D eigenvalue weighted by atomic mass is 32.1. The van der Waals surface area contributed by atoms with Crippen molar-refractivity contribution >= 4 is 70.5 Å². The molecule has 3 aromatic heterocycles. The van der Waals surface area contributed by atoms with Crippen LogP contribution < -0.4 is 20.7 Å². The molecule has 0 fully saturated rings. The van der Waals surface area contributed by atoms with Crippen molar-refractivity contribution in [2.24, 2.45) is 5.41 Å². The van der Waals surface area contributed by atoms with Crippen LogP contribution in [0.5, 0.6) is 5.75 Å². The van der Waals surface area contributed by atoms with Gasteiger partial charge in [-0.25, -0.2) is 4.39 Å². The van der Waals surface area contributed by atoms with Crippen molar-refractivity contribution in [3.8, 4) is 16.3 Å². The SMILES string of the molecule is CN(CC(=O)NCCCOCCOCCOCCCNC(=O)CN(C)C(=O)[C@@H](NC(=O)c1cn(Cc2ccc(F)cc2)c2ccccc12)C(C)(C)C)C(=O)COc1ccc(C2=[N+]3C(=Cc4ccc(-c5cccs5)n4[B-]3(F)F)C=C2)cc1. The molecule has 2 aliphatic rings. The standard InChI is InChI=1S/C59H68BF3N8O9S/c1-59(2,3)56(66-57(75)48-37-69(50-12-7-6-11-47(48)50)36-41-14-18-43(61)19-15-41)58(76)68(5)39-54(73)65-27-10-29-78-31-33-79-32-30-77-28-9-26-64-53(72)38-67(4)55(74)40-80-46-22-16-42(17-23-46)49-24-20-44-35-45-21-25-51(52-13-8-34-81-52)71(45)60(62,63)70(44)49/h6-8,11-25,34-35,37,56H,9-10,26-33,36,38-40H2,1-5H3,(H,64,72)(H,65,73)(H,66,75)/t56-/m1/s1. The number of ether oxygens (including phenoxy) is 4. The van der Waals surface area contributed by atoms with Crippen LogP contribution in [0.15, 0.2) is 126 Å². The number of thiophene rings is 1. The van der Waals surface area contributed by atoms with Gasteiger partial charge in [0.1, 0.15) is 17.6 Å². The summed E-state index contributed by atoms with van der Waals surface area (Å²) >= 11 is 1.41. The van der Waals surface area contributed by atoms with Crippen LogP contribution in [0.1, 0.15) is 60.8 Å². The number of halogens is 3. The van der Waals surface area contributed by atoms with Gasteiger partial charge in [0.15, 0.2) is 18.0 Å². The molecule has 22 heteroatoms. The maximum absolute atomic E-state index is 16.3.